The van der Waals surface area contributed by atoms with Crippen LogP contribution in [0.2, 0.25) is 0 Å². The van der Waals surface area contributed by atoms with E-state index in [-0.39, 0.29) is 17.6 Å². The van der Waals surface area contributed by atoms with Gasteiger partial charge in [-0.05, 0) is 35.4 Å². The summed E-state index contributed by atoms with van der Waals surface area (Å²) in [4.78, 5) is 23.3. The Labute approximate surface area is 147 Å². The number of anilines is 1. The molecule has 0 radical (unpaired) electrons. The molecule has 126 valence electrons. The lowest BCUT2D eigenvalue weighted by Gasteiger charge is -2.08. The normalized spacial score (nSPS) is 10.1. The van der Waals surface area contributed by atoms with Crippen LogP contribution in [0.15, 0.2) is 48.5 Å². The fourth-order valence-corrected chi connectivity index (χ4v) is 2.22. The second-order valence-electron chi connectivity index (χ2n) is 5.26. The number of hydrogen-bond donors (Lipinski definition) is 4. The van der Waals surface area contributed by atoms with Crippen molar-refractivity contribution in [1.29, 1.82) is 0 Å². The number of amides is 2. The first-order valence-corrected chi connectivity index (χ1v) is 8.27. The van der Waals surface area contributed by atoms with Gasteiger partial charge in [0.05, 0.1) is 5.75 Å². The number of nitrogens with one attached hydrogen (secondary N) is 3. The minimum Gasteiger partial charge on any atom is -0.388 e. The standard InChI is InChI=1S/C18H21N3O2S/c1-19-16-8-6-15(7-9-16)18(23)21-11-14-4-2-13(3-5-14)10-20-17(22)12-24/h2-9,19,24H,10-12H2,1H3,(H,20,22)(H,21,23). The molecule has 2 aromatic rings. The van der Waals surface area contributed by atoms with E-state index in [1.165, 1.54) is 0 Å². The molecule has 0 atom stereocenters. The van der Waals surface area contributed by atoms with Crippen molar-refractivity contribution >= 4 is 30.1 Å². The molecule has 2 rings (SSSR count). The smallest absolute Gasteiger partial charge is 0.251 e. The topological polar surface area (TPSA) is 70.2 Å². The van der Waals surface area contributed by atoms with Crippen LogP contribution in [0.25, 0.3) is 0 Å². The second kappa shape index (κ2) is 8.98. The first kappa shape index (κ1) is 17.9. The summed E-state index contributed by atoms with van der Waals surface area (Å²) < 4.78 is 0. The molecule has 0 aliphatic heterocycles. The Hall–Kier alpha value is -2.47. The molecule has 24 heavy (non-hydrogen) atoms. The van der Waals surface area contributed by atoms with Gasteiger partial charge in [-0.15, -0.1) is 0 Å². The van der Waals surface area contributed by atoms with Gasteiger partial charge in [0.15, 0.2) is 0 Å². The molecule has 0 unspecified atom stereocenters. The number of thiol groups is 1. The summed E-state index contributed by atoms with van der Waals surface area (Å²) in [5, 5.41) is 8.67. The first-order valence-electron chi connectivity index (χ1n) is 7.63. The van der Waals surface area contributed by atoms with E-state index in [0.29, 0.717) is 18.7 Å². The van der Waals surface area contributed by atoms with Crippen LogP contribution in [0.1, 0.15) is 21.5 Å². The van der Waals surface area contributed by atoms with Crippen molar-refractivity contribution in [3.63, 3.8) is 0 Å². The maximum absolute atomic E-state index is 12.1. The summed E-state index contributed by atoms with van der Waals surface area (Å²) in [6.07, 6.45) is 0. The van der Waals surface area contributed by atoms with E-state index in [1.54, 1.807) is 12.1 Å². The number of hydrogen-bond acceptors (Lipinski definition) is 4. The van der Waals surface area contributed by atoms with Gasteiger partial charge in [-0.2, -0.15) is 12.6 Å². The zero-order valence-electron chi connectivity index (χ0n) is 13.5. The molecule has 2 amide bonds. The summed E-state index contributed by atoms with van der Waals surface area (Å²) in [5.74, 6) is -0.0268. The number of rotatable bonds is 7. The molecule has 3 N–H and O–H groups in total. The lowest BCUT2D eigenvalue weighted by Crippen LogP contribution is -2.24. The van der Waals surface area contributed by atoms with Gasteiger partial charge in [0.1, 0.15) is 0 Å². The Kier molecular flexibility index (Phi) is 6.69. The number of benzene rings is 2. The quantitative estimate of drug-likeness (QED) is 0.583. The average molecular weight is 343 g/mol. The third kappa shape index (κ3) is 5.31. The van der Waals surface area contributed by atoms with E-state index in [0.717, 1.165) is 16.8 Å². The Morgan fingerprint density at radius 3 is 1.92 bits per heavy atom. The average Bonchev–Trinajstić information content (AvgIpc) is 2.65. The lowest BCUT2D eigenvalue weighted by molar-refractivity contribution is -0.118. The zero-order valence-corrected chi connectivity index (χ0v) is 14.4. The molecule has 6 heteroatoms. The van der Waals surface area contributed by atoms with E-state index >= 15 is 0 Å². The van der Waals surface area contributed by atoms with Crippen molar-refractivity contribution < 1.29 is 9.59 Å². The molecule has 0 spiro atoms. The van der Waals surface area contributed by atoms with E-state index in [2.05, 4.69) is 28.6 Å². The monoisotopic (exact) mass is 343 g/mol. The van der Waals surface area contributed by atoms with Crippen LogP contribution in [-0.4, -0.2) is 24.6 Å². The zero-order chi connectivity index (χ0) is 17.4. The van der Waals surface area contributed by atoms with E-state index < -0.39 is 0 Å². The van der Waals surface area contributed by atoms with Crippen molar-refractivity contribution in [3.8, 4) is 0 Å². The molecule has 0 saturated carbocycles. The molecule has 2 aromatic carbocycles. The van der Waals surface area contributed by atoms with Crippen molar-refractivity contribution in [2.45, 2.75) is 13.1 Å². The molecular weight excluding hydrogens is 322 g/mol. The molecule has 0 heterocycles. The molecule has 0 aromatic heterocycles. The Morgan fingerprint density at radius 1 is 0.875 bits per heavy atom. The summed E-state index contributed by atoms with van der Waals surface area (Å²) >= 11 is 3.91. The van der Waals surface area contributed by atoms with Crippen molar-refractivity contribution in [3.05, 3.63) is 65.2 Å². The van der Waals surface area contributed by atoms with Crippen molar-refractivity contribution in [1.82, 2.24) is 10.6 Å². The van der Waals surface area contributed by atoms with Crippen molar-refractivity contribution in [2.75, 3.05) is 18.1 Å². The Balaban J connectivity index is 1.84. The molecule has 0 aliphatic carbocycles. The third-order valence-corrected chi connectivity index (χ3v) is 3.83. The van der Waals surface area contributed by atoms with E-state index in [9.17, 15) is 9.59 Å². The molecule has 0 saturated heterocycles. The van der Waals surface area contributed by atoms with Crippen LogP contribution in [-0.2, 0) is 17.9 Å². The fourth-order valence-electron chi connectivity index (χ4n) is 2.10. The highest BCUT2D eigenvalue weighted by Crippen LogP contribution is 2.09. The van der Waals surface area contributed by atoms with Gasteiger partial charge < -0.3 is 16.0 Å². The summed E-state index contributed by atoms with van der Waals surface area (Å²) in [5.41, 5.74) is 3.59. The highest BCUT2D eigenvalue weighted by molar-refractivity contribution is 7.81. The number of carbonyl (C=O) groups is 2. The molecule has 5 nitrogen and oxygen atoms in total. The van der Waals surface area contributed by atoms with Crippen LogP contribution in [0.3, 0.4) is 0 Å². The molecular formula is C18H21N3O2S. The van der Waals surface area contributed by atoms with Gasteiger partial charge in [0.25, 0.3) is 5.91 Å². The molecule has 0 fully saturated rings. The largest absolute Gasteiger partial charge is 0.388 e. The van der Waals surface area contributed by atoms with Crippen LogP contribution < -0.4 is 16.0 Å². The van der Waals surface area contributed by atoms with Crippen LogP contribution in [0, 0.1) is 0 Å². The first-order chi connectivity index (χ1) is 11.6. The highest BCUT2D eigenvalue weighted by Gasteiger charge is 2.05. The van der Waals surface area contributed by atoms with Gasteiger partial charge in [0.2, 0.25) is 5.91 Å². The van der Waals surface area contributed by atoms with Crippen LogP contribution in [0.5, 0.6) is 0 Å². The minimum absolute atomic E-state index is 0.0982. The summed E-state index contributed by atoms with van der Waals surface area (Å²) in [6.45, 7) is 0.930. The van der Waals surface area contributed by atoms with Gasteiger partial charge >= 0.3 is 0 Å². The van der Waals surface area contributed by atoms with E-state index in [1.807, 2.05) is 43.4 Å². The Morgan fingerprint density at radius 2 is 1.42 bits per heavy atom. The van der Waals surface area contributed by atoms with Crippen molar-refractivity contribution in [2.24, 2.45) is 0 Å². The van der Waals surface area contributed by atoms with Crippen LogP contribution in [0.4, 0.5) is 5.69 Å². The second-order valence-corrected chi connectivity index (χ2v) is 5.58. The summed E-state index contributed by atoms with van der Waals surface area (Å²) in [7, 11) is 1.84. The maximum Gasteiger partial charge on any atom is 0.251 e. The predicted molar refractivity (Wildman–Crippen MR) is 99.3 cm³/mol. The minimum atomic E-state index is -0.109. The van der Waals surface area contributed by atoms with Gasteiger partial charge in [0, 0.05) is 31.4 Å². The molecule has 0 bridgehead atoms. The molecule has 0 aliphatic rings. The summed E-state index contributed by atoms with van der Waals surface area (Å²) in [6, 6.07) is 15.0. The maximum atomic E-state index is 12.1. The van der Waals surface area contributed by atoms with Gasteiger partial charge in [-0.25, -0.2) is 0 Å². The fraction of sp³-hybridized carbons (Fsp3) is 0.222. The van der Waals surface area contributed by atoms with Gasteiger partial charge in [-0.3, -0.25) is 9.59 Å². The highest BCUT2D eigenvalue weighted by atomic mass is 32.1. The van der Waals surface area contributed by atoms with E-state index in [4.69, 9.17) is 0 Å². The predicted octanol–water partition coefficient (Wildman–Crippen LogP) is 2.20. The third-order valence-electron chi connectivity index (χ3n) is 3.55. The Bertz CT molecular complexity index is 684. The van der Waals surface area contributed by atoms with Crippen LogP contribution >= 0.6 is 12.6 Å². The number of carbonyl (C=O) groups excluding carboxylic acids is 2. The lowest BCUT2D eigenvalue weighted by atomic mass is 10.1. The SMILES string of the molecule is CNc1ccc(C(=O)NCc2ccc(CNC(=O)CS)cc2)cc1. The van der Waals surface area contributed by atoms with Gasteiger partial charge in [-0.1, -0.05) is 24.3 Å².